The summed E-state index contributed by atoms with van der Waals surface area (Å²) in [5, 5.41) is 8.57. The zero-order chi connectivity index (χ0) is 14.6. The fourth-order valence-corrected chi connectivity index (χ4v) is 3.50. The van der Waals surface area contributed by atoms with Gasteiger partial charge in [-0.15, -0.1) is 0 Å². The normalized spacial score (nSPS) is 23.5. The van der Waals surface area contributed by atoms with Crippen molar-refractivity contribution in [2.75, 3.05) is 5.32 Å². The lowest BCUT2D eigenvalue weighted by atomic mass is 9.83. The summed E-state index contributed by atoms with van der Waals surface area (Å²) in [6.07, 6.45) is 7.60. The molecule has 0 saturated heterocycles. The number of anilines is 1. The standard InChI is InChI=1S/C15H24N2O2S/c1-2-3-12-4-6-13(7-5-12)17-14-8-10-15(11-9-14)20(16,18)19/h8-13,17H,2-7H2,1H3,(H2,16,18,19). The molecular formula is C15H24N2O2S. The molecule has 4 nitrogen and oxygen atoms in total. The molecule has 1 aromatic rings. The summed E-state index contributed by atoms with van der Waals surface area (Å²) in [6.45, 7) is 2.25. The molecule has 112 valence electrons. The lowest BCUT2D eigenvalue weighted by Crippen LogP contribution is -2.26. The van der Waals surface area contributed by atoms with Crippen LogP contribution in [0.1, 0.15) is 45.4 Å². The Bertz CT molecular complexity index is 517. The second-order valence-corrected chi connectivity index (χ2v) is 7.28. The minimum Gasteiger partial charge on any atom is -0.382 e. The molecular weight excluding hydrogens is 272 g/mol. The van der Waals surface area contributed by atoms with E-state index in [4.69, 9.17) is 5.14 Å². The number of hydrogen-bond acceptors (Lipinski definition) is 3. The van der Waals surface area contributed by atoms with Gasteiger partial charge in [-0.25, -0.2) is 13.6 Å². The van der Waals surface area contributed by atoms with Gasteiger partial charge in [-0.3, -0.25) is 0 Å². The fraction of sp³-hybridized carbons (Fsp3) is 0.600. The molecule has 0 spiro atoms. The Morgan fingerprint density at radius 1 is 1.15 bits per heavy atom. The van der Waals surface area contributed by atoms with E-state index in [1.807, 2.05) is 0 Å². The Hall–Kier alpha value is -1.07. The predicted molar refractivity (Wildman–Crippen MR) is 82.1 cm³/mol. The number of sulfonamides is 1. The first-order valence-corrected chi connectivity index (χ1v) is 8.93. The van der Waals surface area contributed by atoms with E-state index >= 15 is 0 Å². The quantitative estimate of drug-likeness (QED) is 0.877. The SMILES string of the molecule is CCCC1CCC(Nc2ccc(S(N)(=O)=O)cc2)CC1. The zero-order valence-electron chi connectivity index (χ0n) is 12.0. The van der Waals surface area contributed by atoms with Gasteiger partial charge in [0.25, 0.3) is 0 Å². The second-order valence-electron chi connectivity index (χ2n) is 5.72. The van der Waals surface area contributed by atoms with E-state index in [-0.39, 0.29) is 4.90 Å². The molecule has 1 aromatic carbocycles. The minimum absolute atomic E-state index is 0.162. The molecule has 0 unspecified atom stereocenters. The maximum absolute atomic E-state index is 11.2. The maximum Gasteiger partial charge on any atom is 0.238 e. The molecule has 0 aliphatic heterocycles. The third-order valence-corrected chi connectivity index (χ3v) is 5.03. The van der Waals surface area contributed by atoms with Crippen LogP contribution in [0, 0.1) is 5.92 Å². The van der Waals surface area contributed by atoms with Crippen molar-refractivity contribution >= 4 is 15.7 Å². The molecule has 1 aliphatic rings. The van der Waals surface area contributed by atoms with E-state index in [2.05, 4.69) is 12.2 Å². The van der Waals surface area contributed by atoms with Crippen LogP contribution in [0.3, 0.4) is 0 Å². The topological polar surface area (TPSA) is 72.2 Å². The van der Waals surface area contributed by atoms with Crippen molar-refractivity contribution in [2.45, 2.75) is 56.4 Å². The van der Waals surface area contributed by atoms with Gasteiger partial charge in [-0.1, -0.05) is 19.8 Å². The molecule has 0 aromatic heterocycles. The summed E-state index contributed by atoms with van der Waals surface area (Å²) < 4.78 is 22.4. The van der Waals surface area contributed by atoms with Crippen LogP contribution < -0.4 is 10.5 Å². The molecule has 1 aliphatic carbocycles. The number of benzene rings is 1. The largest absolute Gasteiger partial charge is 0.382 e. The van der Waals surface area contributed by atoms with Crippen molar-refractivity contribution in [3.05, 3.63) is 24.3 Å². The van der Waals surface area contributed by atoms with Gasteiger partial charge in [0, 0.05) is 11.7 Å². The highest BCUT2D eigenvalue weighted by atomic mass is 32.2. The zero-order valence-corrected chi connectivity index (χ0v) is 12.8. The Labute approximate surface area is 121 Å². The average molecular weight is 296 g/mol. The highest BCUT2D eigenvalue weighted by Crippen LogP contribution is 2.29. The summed E-state index contributed by atoms with van der Waals surface area (Å²) in [4.78, 5) is 0.162. The van der Waals surface area contributed by atoms with Gasteiger partial charge in [0.2, 0.25) is 10.0 Å². The van der Waals surface area contributed by atoms with Gasteiger partial charge in [0.05, 0.1) is 4.90 Å². The van der Waals surface area contributed by atoms with Gasteiger partial charge in [-0.2, -0.15) is 0 Å². The first-order valence-electron chi connectivity index (χ1n) is 7.38. The minimum atomic E-state index is -3.59. The molecule has 1 fully saturated rings. The lowest BCUT2D eigenvalue weighted by molar-refractivity contribution is 0.319. The number of nitrogens with two attached hydrogens (primary N) is 1. The van der Waals surface area contributed by atoms with Gasteiger partial charge in [0.15, 0.2) is 0 Å². The van der Waals surface area contributed by atoms with Crippen LogP contribution in [0.5, 0.6) is 0 Å². The van der Waals surface area contributed by atoms with Gasteiger partial charge in [0.1, 0.15) is 0 Å². The van der Waals surface area contributed by atoms with Crippen molar-refractivity contribution in [3.8, 4) is 0 Å². The molecule has 0 amide bonds. The highest BCUT2D eigenvalue weighted by Gasteiger charge is 2.20. The van der Waals surface area contributed by atoms with Gasteiger partial charge < -0.3 is 5.32 Å². The number of hydrogen-bond donors (Lipinski definition) is 2. The number of nitrogens with one attached hydrogen (secondary N) is 1. The number of rotatable bonds is 5. The highest BCUT2D eigenvalue weighted by molar-refractivity contribution is 7.89. The fourth-order valence-electron chi connectivity index (χ4n) is 2.98. The van der Waals surface area contributed by atoms with Crippen molar-refractivity contribution in [3.63, 3.8) is 0 Å². The summed E-state index contributed by atoms with van der Waals surface area (Å²) in [7, 11) is -3.59. The van der Waals surface area contributed by atoms with Crippen molar-refractivity contribution < 1.29 is 8.42 Å². The van der Waals surface area contributed by atoms with Crippen LogP contribution >= 0.6 is 0 Å². The molecule has 0 heterocycles. The average Bonchev–Trinajstić information content (AvgIpc) is 2.41. The summed E-state index contributed by atoms with van der Waals surface area (Å²) >= 11 is 0. The molecule has 2 rings (SSSR count). The molecule has 0 atom stereocenters. The third-order valence-electron chi connectivity index (χ3n) is 4.10. The molecule has 0 bridgehead atoms. The maximum atomic E-state index is 11.2. The monoisotopic (exact) mass is 296 g/mol. The molecule has 5 heteroatoms. The Morgan fingerprint density at radius 2 is 1.75 bits per heavy atom. The molecule has 3 N–H and O–H groups in total. The molecule has 20 heavy (non-hydrogen) atoms. The van der Waals surface area contributed by atoms with E-state index in [9.17, 15) is 8.42 Å². The van der Waals surface area contributed by atoms with Crippen LogP contribution in [0.25, 0.3) is 0 Å². The van der Waals surface area contributed by atoms with E-state index in [1.165, 1.54) is 38.5 Å². The van der Waals surface area contributed by atoms with Crippen molar-refractivity contribution in [2.24, 2.45) is 11.1 Å². The van der Waals surface area contributed by atoms with Crippen LogP contribution in [-0.2, 0) is 10.0 Å². The van der Waals surface area contributed by atoms with Crippen molar-refractivity contribution in [1.82, 2.24) is 0 Å². The van der Waals surface area contributed by atoms with Gasteiger partial charge in [-0.05, 0) is 55.9 Å². The van der Waals surface area contributed by atoms with Crippen LogP contribution in [0.4, 0.5) is 5.69 Å². The summed E-state index contributed by atoms with van der Waals surface area (Å²) in [6, 6.07) is 7.19. The Balaban J connectivity index is 1.89. The summed E-state index contributed by atoms with van der Waals surface area (Å²) in [5.41, 5.74) is 0.969. The number of primary sulfonamides is 1. The second kappa shape index (κ2) is 6.59. The molecule has 1 saturated carbocycles. The van der Waals surface area contributed by atoms with Crippen LogP contribution in [0.15, 0.2) is 29.2 Å². The Morgan fingerprint density at radius 3 is 2.25 bits per heavy atom. The lowest BCUT2D eigenvalue weighted by Gasteiger charge is -2.29. The van der Waals surface area contributed by atoms with E-state index in [0.717, 1.165) is 11.6 Å². The molecule has 0 radical (unpaired) electrons. The Kier molecular flexibility index (Phi) is 5.05. The summed E-state index contributed by atoms with van der Waals surface area (Å²) in [5.74, 6) is 0.891. The first-order chi connectivity index (χ1) is 9.49. The smallest absolute Gasteiger partial charge is 0.238 e. The van der Waals surface area contributed by atoms with E-state index < -0.39 is 10.0 Å². The van der Waals surface area contributed by atoms with Crippen LogP contribution in [0.2, 0.25) is 0 Å². The first kappa shape index (κ1) is 15.3. The van der Waals surface area contributed by atoms with E-state index in [0.29, 0.717) is 6.04 Å². The predicted octanol–water partition coefficient (Wildman–Crippen LogP) is 3.10. The third kappa shape index (κ3) is 4.21. The van der Waals surface area contributed by atoms with Gasteiger partial charge >= 0.3 is 0 Å². The van der Waals surface area contributed by atoms with E-state index in [1.54, 1.807) is 24.3 Å². The van der Waals surface area contributed by atoms with Crippen molar-refractivity contribution in [1.29, 1.82) is 0 Å². The van der Waals surface area contributed by atoms with Crippen LogP contribution in [-0.4, -0.2) is 14.5 Å².